The average molecular weight is 490 g/mol. The molecule has 9 heteroatoms. The maximum absolute atomic E-state index is 13.0. The van der Waals surface area contributed by atoms with Gasteiger partial charge >= 0.3 is 0 Å². The smallest absolute Gasteiger partial charge is 0.243 e. The Bertz CT molecular complexity index is 1200. The van der Waals surface area contributed by atoms with Gasteiger partial charge in [0.2, 0.25) is 15.9 Å². The van der Waals surface area contributed by atoms with E-state index >= 15 is 0 Å². The summed E-state index contributed by atoms with van der Waals surface area (Å²) in [5.41, 5.74) is 2.01. The minimum atomic E-state index is -3.57. The number of rotatable bonds is 6. The Hall–Kier alpha value is -2.26. The average Bonchev–Trinajstić information content (AvgIpc) is 3.05. The lowest BCUT2D eigenvalue weighted by molar-refractivity contribution is -0.115. The van der Waals surface area contributed by atoms with Crippen molar-refractivity contribution in [1.82, 2.24) is 9.29 Å². The SMILES string of the molecule is O=C(Cc1csc(-c2cccc(Cl)c2)n1)Nc1cccc(S(=O)(=O)N2CCCCCC2)c1. The second kappa shape index (κ2) is 10.1. The molecule has 32 heavy (non-hydrogen) atoms. The predicted molar refractivity (Wildman–Crippen MR) is 129 cm³/mol. The van der Waals surface area contributed by atoms with Gasteiger partial charge in [-0.25, -0.2) is 13.4 Å². The van der Waals surface area contributed by atoms with Gasteiger partial charge in [0.05, 0.1) is 17.0 Å². The van der Waals surface area contributed by atoms with E-state index in [1.54, 1.807) is 28.6 Å². The van der Waals surface area contributed by atoms with Crippen molar-refractivity contribution in [3.8, 4) is 10.6 Å². The van der Waals surface area contributed by atoms with E-state index in [9.17, 15) is 13.2 Å². The van der Waals surface area contributed by atoms with Crippen molar-refractivity contribution in [3.63, 3.8) is 0 Å². The molecule has 0 radical (unpaired) electrons. The molecule has 4 rings (SSSR count). The molecule has 0 spiro atoms. The number of aromatic nitrogens is 1. The number of hydrogen-bond acceptors (Lipinski definition) is 5. The van der Waals surface area contributed by atoms with Crippen LogP contribution in [0.15, 0.2) is 58.8 Å². The maximum atomic E-state index is 13.0. The van der Waals surface area contributed by atoms with Gasteiger partial charge in [-0.15, -0.1) is 11.3 Å². The van der Waals surface area contributed by atoms with E-state index in [4.69, 9.17) is 11.6 Å². The second-order valence-corrected chi connectivity index (χ2v) is 11.0. The third-order valence-electron chi connectivity index (χ3n) is 5.29. The van der Waals surface area contributed by atoms with Crippen LogP contribution in [-0.4, -0.2) is 36.7 Å². The number of hydrogen-bond donors (Lipinski definition) is 1. The Balaban J connectivity index is 1.43. The molecule has 1 amide bonds. The largest absolute Gasteiger partial charge is 0.326 e. The van der Waals surface area contributed by atoms with Crippen molar-refractivity contribution < 1.29 is 13.2 Å². The summed E-state index contributed by atoms with van der Waals surface area (Å²) in [4.78, 5) is 17.3. The van der Waals surface area contributed by atoms with Crippen LogP contribution >= 0.6 is 22.9 Å². The molecule has 0 unspecified atom stereocenters. The number of thiazole rings is 1. The third kappa shape index (κ3) is 5.56. The van der Waals surface area contributed by atoms with Crippen LogP contribution < -0.4 is 5.32 Å². The van der Waals surface area contributed by atoms with Crippen LogP contribution in [0.5, 0.6) is 0 Å². The van der Waals surface area contributed by atoms with Gasteiger partial charge in [-0.1, -0.05) is 42.6 Å². The monoisotopic (exact) mass is 489 g/mol. The van der Waals surface area contributed by atoms with Gasteiger partial charge < -0.3 is 5.32 Å². The molecule has 0 saturated carbocycles. The zero-order valence-corrected chi connectivity index (χ0v) is 19.8. The summed E-state index contributed by atoms with van der Waals surface area (Å²) >= 11 is 7.49. The molecule has 0 bridgehead atoms. The van der Waals surface area contributed by atoms with Gasteiger partial charge in [-0.05, 0) is 43.2 Å². The fourth-order valence-electron chi connectivity index (χ4n) is 3.68. The van der Waals surface area contributed by atoms with Gasteiger partial charge in [0, 0.05) is 34.7 Å². The zero-order valence-electron chi connectivity index (χ0n) is 17.5. The number of sulfonamides is 1. The molecule has 1 N–H and O–H groups in total. The number of nitrogens with one attached hydrogen (secondary N) is 1. The van der Waals surface area contributed by atoms with Crippen LogP contribution in [-0.2, 0) is 21.2 Å². The highest BCUT2D eigenvalue weighted by molar-refractivity contribution is 7.89. The Kier molecular flexibility index (Phi) is 7.25. The Morgan fingerprint density at radius 3 is 2.56 bits per heavy atom. The quantitative estimate of drug-likeness (QED) is 0.515. The molecule has 0 atom stereocenters. The highest BCUT2D eigenvalue weighted by Gasteiger charge is 2.25. The lowest BCUT2D eigenvalue weighted by Gasteiger charge is -2.20. The number of carbonyl (C=O) groups excluding carboxylic acids is 1. The minimum Gasteiger partial charge on any atom is -0.326 e. The summed E-state index contributed by atoms with van der Waals surface area (Å²) in [5, 5.41) is 6.07. The summed E-state index contributed by atoms with van der Waals surface area (Å²) in [5.74, 6) is -0.253. The van der Waals surface area contributed by atoms with E-state index in [2.05, 4.69) is 10.3 Å². The number of anilines is 1. The fraction of sp³-hybridized carbons (Fsp3) is 0.304. The molecule has 1 aliphatic rings. The van der Waals surface area contributed by atoms with Crippen molar-refractivity contribution in [1.29, 1.82) is 0 Å². The first-order chi connectivity index (χ1) is 15.4. The van der Waals surface area contributed by atoms with Gasteiger partial charge in [0.1, 0.15) is 5.01 Å². The number of amides is 1. The van der Waals surface area contributed by atoms with Crippen LogP contribution in [0.2, 0.25) is 5.02 Å². The van der Waals surface area contributed by atoms with Crippen LogP contribution in [0.25, 0.3) is 10.6 Å². The molecule has 2 aromatic carbocycles. The Labute approximate surface area is 197 Å². The van der Waals surface area contributed by atoms with Crippen molar-refractivity contribution in [2.75, 3.05) is 18.4 Å². The summed E-state index contributed by atoms with van der Waals surface area (Å²) in [6.07, 6.45) is 3.95. The Morgan fingerprint density at radius 1 is 1.06 bits per heavy atom. The molecule has 6 nitrogen and oxygen atoms in total. The maximum Gasteiger partial charge on any atom is 0.243 e. The fourth-order valence-corrected chi connectivity index (χ4v) is 6.25. The molecule has 3 aromatic rings. The molecule has 1 saturated heterocycles. The van der Waals surface area contributed by atoms with E-state index in [0.717, 1.165) is 36.3 Å². The summed E-state index contributed by atoms with van der Waals surface area (Å²) in [6, 6.07) is 13.9. The molecular weight excluding hydrogens is 466 g/mol. The summed E-state index contributed by atoms with van der Waals surface area (Å²) < 4.78 is 27.6. The van der Waals surface area contributed by atoms with Crippen LogP contribution in [0.1, 0.15) is 31.4 Å². The number of benzene rings is 2. The topological polar surface area (TPSA) is 79.4 Å². The first kappa shape index (κ1) is 22.9. The van der Waals surface area contributed by atoms with Crippen molar-refractivity contribution in [2.24, 2.45) is 0 Å². The van der Waals surface area contributed by atoms with E-state index in [1.165, 1.54) is 17.4 Å². The first-order valence-electron chi connectivity index (χ1n) is 10.5. The zero-order chi connectivity index (χ0) is 22.6. The van der Waals surface area contributed by atoms with Gasteiger partial charge in [0.25, 0.3) is 0 Å². The lowest BCUT2D eigenvalue weighted by atomic mass is 10.2. The molecule has 168 valence electrons. The van der Waals surface area contributed by atoms with Crippen LogP contribution in [0.4, 0.5) is 5.69 Å². The molecule has 1 aliphatic heterocycles. The standard InChI is InChI=1S/C23H24ClN3O3S2/c24-18-8-5-7-17(13-18)23-26-20(16-31-23)15-22(28)25-19-9-6-10-21(14-19)32(29,30)27-11-3-1-2-4-12-27/h5-10,13-14,16H,1-4,11-12,15H2,(H,25,28). The normalized spacial score (nSPS) is 15.3. The minimum absolute atomic E-state index is 0.0974. The third-order valence-corrected chi connectivity index (χ3v) is 8.36. The van der Waals surface area contributed by atoms with Gasteiger partial charge in [-0.2, -0.15) is 4.31 Å². The van der Waals surface area contributed by atoms with E-state index < -0.39 is 10.0 Å². The predicted octanol–water partition coefficient (Wildman–Crippen LogP) is 5.21. The number of halogens is 1. The van der Waals surface area contributed by atoms with Crippen molar-refractivity contribution >= 4 is 44.6 Å². The molecular formula is C23H24ClN3O3S2. The van der Waals surface area contributed by atoms with Crippen LogP contribution in [0, 0.1) is 0 Å². The van der Waals surface area contributed by atoms with Gasteiger partial charge in [-0.3, -0.25) is 4.79 Å². The van der Waals surface area contributed by atoms with Crippen LogP contribution in [0.3, 0.4) is 0 Å². The van der Waals surface area contributed by atoms with Crippen molar-refractivity contribution in [3.05, 3.63) is 64.6 Å². The Morgan fingerprint density at radius 2 is 1.81 bits per heavy atom. The number of nitrogens with zero attached hydrogens (tertiary/aromatic N) is 2. The second-order valence-electron chi connectivity index (χ2n) is 7.73. The molecule has 0 aliphatic carbocycles. The number of carbonyl (C=O) groups is 1. The molecule has 2 heterocycles. The van der Waals surface area contributed by atoms with Gasteiger partial charge in [0.15, 0.2) is 0 Å². The summed E-state index contributed by atoms with van der Waals surface area (Å²) in [7, 11) is -3.57. The highest BCUT2D eigenvalue weighted by Crippen LogP contribution is 2.27. The van der Waals surface area contributed by atoms with E-state index in [0.29, 0.717) is 29.5 Å². The van der Waals surface area contributed by atoms with E-state index in [1.807, 2.05) is 23.6 Å². The molecule has 1 aromatic heterocycles. The first-order valence-corrected chi connectivity index (χ1v) is 13.2. The van der Waals surface area contributed by atoms with E-state index in [-0.39, 0.29) is 17.2 Å². The lowest BCUT2D eigenvalue weighted by Crippen LogP contribution is -2.32. The summed E-state index contributed by atoms with van der Waals surface area (Å²) in [6.45, 7) is 1.08. The highest BCUT2D eigenvalue weighted by atomic mass is 35.5. The van der Waals surface area contributed by atoms with Crippen molar-refractivity contribution in [2.45, 2.75) is 37.0 Å². The molecule has 1 fully saturated rings.